The van der Waals surface area contributed by atoms with Gasteiger partial charge < -0.3 is 5.32 Å². The minimum Gasteiger partial charge on any atom is -0.345 e. The molecule has 4 heteroatoms. The lowest BCUT2D eigenvalue weighted by Crippen LogP contribution is -2.19. The second kappa shape index (κ2) is 5.41. The normalized spacial score (nSPS) is 8.27. The molecule has 0 saturated heterocycles. The van der Waals surface area contributed by atoms with E-state index in [4.69, 9.17) is 5.26 Å². The van der Waals surface area contributed by atoms with Gasteiger partial charge in [-0.1, -0.05) is 11.8 Å². The fourth-order valence-electron chi connectivity index (χ4n) is 0.849. The first-order valence-electron chi connectivity index (χ1n) is 4.32. The number of hydrogen-bond donors (Lipinski definition) is 1. The first kappa shape index (κ1) is 10.7. The molecule has 0 unspecified atom stereocenters. The summed E-state index contributed by atoms with van der Waals surface area (Å²) < 4.78 is 0. The molecule has 0 aliphatic carbocycles. The number of carbonyl (C=O) groups is 1. The van der Waals surface area contributed by atoms with Crippen molar-refractivity contribution in [1.82, 2.24) is 10.3 Å². The summed E-state index contributed by atoms with van der Waals surface area (Å²) >= 11 is 0. The number of rotatable bonds is 1. The molecule has 0 bridgehead atoms. The van der Waals surface area contributed by atoms with Crippen molar-refractivity contribution in [2.45, 2.75) is 6.92 Å². The van der Waals surface area contributed by atoms with Gasteiger partial charge in [-0.15, -0.1) is 0 Å². The minimum atomic E-state index is -0.109. The highest BCUT2D eigenvalue weighted by Crippen LogP contribution is 1.96. The molecular formula is C11H9N3O. The van der Waals surface area contributed by atoms with E-state index in [2.05, 4.69) is 22.1 Å². The molecule has 1 aromatic rings. The molecule has 1 heterocycles. The van der Waals surface area contributed by atoms with Gasteiger partial charge in [-0.25, -0.2) is 4.98 Å². The van der Waals surface area contributed by atoms with E-state index < -0.39 is 0 Å². The van der Waals surface area contributed by atoms with Gasteiger partial charge in [-0.3, -0.25) is 4.79 Å². The minimum absolute atomic E-state index is 0.109. The quantitative estimate of drug-likeness (QED) is 0.667. The van der Waals surface area contributed by atoms with E-state index >= 15 is 0 Å². The van der Waals surface area contributed by atoms with Crippen LogP contribution in [-0.4, -0.2) is 17.4 Å². The van der Waals surface area contributed by atoms with Crippen LogP contribution in [0.5, 0.6) is 0 Å². The average molecular weight is 199 g/mol. The number of pyridine rings is 1. The van der Waals surface area contributed by atoms with Gasteiger partial charge in [0.25, 0.3) is 0 Å². The molecule has 0 aliphatic rings. The van der Waals surface area contributed by atoms with E-state index in [9.17, 15) is 4.79 Å². The number of nitriles is 1. The van der Waals surface area contributed by atoms with Crippen LogP contribution in [0.1, 0.15) is 18.2 Å². The Hall–Kier alpha value is -2.33. The standard InChI is InChI=1S/C11H9N3O/c1-9(15)13-6-2-3-10-4-5-11(7-12)14-8-10/h4-5,8H,6H2,1H3,(H,13,15). The Bertz CT molecular complexity index is 445. The third-order valence-electron chi connectivity index (χ3n) is 1.54. The predicted octanol–water partition coefficient (Wildman–Crippen LogP) is 0.441. The van der Waals surface area contributed by atoms with Gasteiger partial charge in [-0.2, -0.15) is 5.26 Å². The van der Waals surface area contributed by atoms with Gasteiger partial charge >= 0.3 is 0 Å². The van der Waals surface area contributed by atoms with Gasteiger partial charge in [-0.05, 0) is 12.1 Å². The van der Waals surface area contributed by atoms with Gasteiger partial charge in [0.15, 0.2) is 0 Å². The fourth-order valence-corrected chi connectivity index (χ4v) is 0.849. The maximum Gasteiger partial charge on any atom is 0.217 e. The summed E-state index contributed by atoms with van der Waals surface area (Å²) in [6.07, 6.45) is 1.53. The monoisotopic (exact) mass is 199 g/mol. The maximum atomic E-state index is 10.5. The molecule has 0 saturated carbocycles. The third kappa shape index (κ3) is 3.93. The van der Waals surface area contributed by atoms with E-state index in [1.807, 2.05) is 6.07 Å². The molecule has 0 aromatic carbocycles. The molecule has 0 aliphatic heterocycles. The van der Waals surface area contributed by atoms with E-state index in [-0.39, 0.29) is 5.91 Å². The van der Waals surface area contributed by atoms with Crippen LogP contribution in [0, 0.1) is 23.2 Å². The van der Waals surface area contributed by atoms with Crippen molar-refractivity contribution >= 4 is 5.91 Å². The molecule has 0 fully saturated rings. The van der Waals surface area contributed by atoms with Crippen molar-refractivity contribution < 1.29 is 4.79 Å². The first-order valence-corrected chi connectivity index (χ1v) is 4.32. The lowest BCUT2D eigenvalue weighted by molar-refractivity contribution is -0.118. The number of nitrogens with one attached hydrogen (secondary N) is 1. The smallest absolute Gasteiger partial charge is 0.217 e. The molecule has 0 radical (unpaired) electrons. The van der Waals surface area contributed by atoms with Crippen LogP contribution in [0.25, 0.3) is 0 Å². The second-order valence-electron chi connectivity index (χ2n) is 2.76. The lowest BCUT2D eigenvalue weighted by atomic mass is 10.2. The zero-order chi connectivity index (χ0) is 11.1. The van der Waals surface area contributed by atoms with Gasteiger partial charge in [0, 0.05) is 18.7 Å². The molecule has 1 amide bonds. The Morgan fingerprint density at radius 1 is 1.60 bits per heavy atom. The largest absolute Gasteiger partial charge is 0.345 e. The molecule has 0 atom stereocenters. The highest BCUT2D eigenvalue weighted by Gasteiger charge is 1.90. The van der Waals surface area contributed by atoms with Gasteiger partial charge in [0.1, 0.15) is 11.8 Å². The first-order chi connectivity index (χ1) is 7.22. The molecular weight excluding hydrogens is 190 g/mol. The van der Waals surface area contributed by atoms with Crippen molar-refractivity contribution in [3.8, 4) is 17.9 Å². The van der Waals surface area contributed by atoms with E-state index in [1.54, 1.807) is 12.1 Å². The molecule has 1 N–H and O–H groups in total. The van der Waals surface area contributed by atoms with Crippen LogP contribution in [0.4, 0.5) is 0 Å². The van der Waals surface area contributed by atoms with E-state index in [1.165, 1.54) is 13.1 Å². The Labute approximate surface area is 87.9 Å². The summed E-state index contributed by atoms with van der Waals surface area (Å²) in [5, 5.41) is 11.1. The number of nitrogens with zero attached hydrogens (tertiary/aromatic N) is 2. The summed E-state index contributed by atoms with van der Waals surface area (Å²) in [5.74, 6) is 5.47. The van der Waals surface area contributed by atoms with E-state index in [0.29, 0.717) is 12.2 Å². The number of hydrogen-bond acceptors (Lipinski definition) is 3. The summed E-state index contributed by atoms with van der Waals surface area (Å²) in [6, 6.07) is 5.23. The molecule has 4 nitrogen and oxygen atoms in total. The third-order valence-corrected chi connectivity index (χ3v) is 1.54. The topological polar surface area (TPSA) is 65.8 Å². The van der Waals surface area contributed by atoms with E-state index in [0.717, 1.165) is 5.56 Å². The zero-order valence-electron chi connectivity index (χ0n) is 8.24. The van der Waals surface area contributed by atoms with Crippen LogP contribution in [-0.2, 0) is 4.79 Å². The Balaban J connectivity index is 2.57. The molecule has 1 rings (SSSR count). The van der Waals surface area contributed by atoms with Crippen LogP contribution in [0.3, 0.4) is 0 Å². The van der Waals surface area contributed by atoms with Crippen LogP contribution in [0.2, 0.25) is 0 Å². The van der Waals surface area contributed by atoms with Crippen molar-refractivity contribution in [2.75, 3.05) is 6.54 Å². The SMILES string of the molecule is CC(=O)NCC#Cc1ccc(C#N)nc1. The Morgan fingerprint density at radius 3 is 2.93 bits per heavy atom. The highest BCUT2D eigenvalue weighted by molar-refractivity contribution is 5.73. The Kier molecular flexibility index (Phi) is 3.88. The predicted molar refractivity (Wildman–Crippen MR) is 54.5 cm³/mol. The summed E-state index contributed by atoms with van der Waals surface area (Å²) in [6.45, 7) is 1.75. The highest BCUT2D eigenvalue weighted by atomic mass is 16.1. The van der Waals surface area contributed by atoms with Crippen LogP contribution in [0.15, 0.2) is 18.3 Å². The number of amides is 1. The van der Waals surface area contributed by atoms with Crippen LogP contribution < -0.4 is 5.32 Å². The van der Waals surface area contributed by atoms with Crippen molar-refractivity contribution in [1.29, 1.82) is 5.26 Å². The van der Waals surface area contributed by atoms with Crippen LogP contribution >= 0.6 is 0 Å². The summed E-state index contributed by atoms with van der Waals surface area (Å²) in [7, 11) is 0. The van der Waals surface area contributed by atoms with Crippen molar-refractivity contribution in [3.05, 3.63) is 29.6 Å². The molecule has 15 heavy (non-hydrogen) atoms. The number of carbonyl (C=O) groups excluding carboxylic acids is 1. The van der Waals surface area contributed by atoms with Gasteiger partial charge in [0.05, 0.1) is 6.54 Å². The average Bonchev–Trinajstić information content (AvgIpc) is 2.25. The zero-order valence-corrected chi connectivity index (χ0v) is 8.24. The summed E-state index contributed by atoms with van der Waals surface area (Å²) in [5.41, 5.74) is 1.08. The van der Waals surface area contributed by atoms with Crippen molar-refractivity contribution in [3.63, 3.8) is 0 Å². The van der Waals surface area contributed by atoms with Gasteiger partial charge in [0.2, 0.25) is 5.91 Å². The Morgan fingerprint density at radius 2 is 2.40 bits per heavy atom. The fraction of sp³-hybridized carbons (Fsp3) is 0.182. The molecule has 74 valence electrons. The second-order valence-corrected chi connectivity index (χ2v) is 2.76. The molecule has 1 aromatic heterocycles. The van der Waals surface area contributed by atoms with Crippen molar-refractivity contribution in [2.24, 2.45) is 0 Å². The summed E-state index contributed by atoms with van der Waals surface area (Å²) in [4.78, 5) is 14.4. The maximum absolute atomic E-state index is 10.5. The number of aromatic nitrogens is 1. The molecule has 0 spiro atoms. The lowest BCUT2D eigenvalue weighted by Gasteiger charge is -1.92.